The van der Waals surface area contributed by atoms with Gasteiger partial charge in [-0.2, -0.15) is 0 Å². The summed E-state index contributed by atoms with van der Waals surface area (Å²) in [7, 11) is 0. The maximum atomic E-state index is 5.32. The fourth-order valence-electron chi connectivity index (χ4n) is 2.51. The normalized spacial score (nSPS) is 35.4. The molecule has 0 aromatic carbocycles. The second-order valence-corrected chi connectivity index (χ2v) is 6.80. The van der Waals surface area contributed by atoms with Crippen molar-refractivity contribution in [3.8, 4) is 0 Å². The van der Waals surface area contributed by atoms with E-state index in [0.717, 1.165) is 6.61 Å². The van der Waals surface area contributed by atoms with E-state index >= 15 is 0 Å². The summed E-state index contributed by atoms with van der Waals surface area (Å²) in [4.78, 5) is 7.85. The van der Waals surface area contributed by atoms with Crippen LogP contribution < -0.4 is 0 Å². The Labute approximate surface area is 101 Å². The van der Waals surface area contributed by atoms with Gasteiger partial charge in [0, 0.05) is 12.0 Å². The maximum Gasteiger partial charge on any atom is 0.187 e. The van der Waals surface area contributed by atoms with Crippen LogP contribution in [0.15, 0.2) is 5.16 Å². The molecule has 0 N–H and O–H groups in total. The fourth-order valence-corrected chi connectivity index (χ4v) is 2.71. The summed E-state index contributed by atoms with van der Waals surface area (Å²) >= 11 is 6.36. The van der Waals surface area contributed by atoms with E-state index in [-0.39, 0.29) is 0 Å². The third kappa shape index (κ3) is 2.49. The van der Waals surface area contributed by atoms with E-state index in [0.29, 0.717) is 8.95 Å². The van der Waals surface area contributed by atoms with E-state index in [1.54, 1.807) is 0 Å². The average molecular weight is 326 g/mol. The van der Waals surface area contributed by atoms with Gasteiger partial charge in [-0.05, 0) is 64.2 Å². The number of hydrogen-bond acceptors (Lipinski definition) is 3. The highest BCUT2D eigenvalue weighted by Gasteiger charge is 2.41. The van der Waals surface area contributed by atoms with Crippen LogP contribution in [0.4, 0.5) is 0 Å². The molecule has 2 unspecified atom stereocenters. The lowest BCUT2D eigenvalue weighted by molar-refractivity contribution is 0.0341. The largest absolute Gasteiger partial charge is 0.394 e. The van der Waals surface area contributed by atoms with Crippen LogP contribution in [0.1, 0.15) is 19.3 Å². The SMILES string of the molecule is BrC(Br)=NOCC12CCCN(CC1)C2. The lowest BCUT2D eigenvalue weighted by Crippen LogP contribution is -2.36. The summed E-state index contributed by atoms with van der Waals surface area (Å²) in [5.41, 5.74) is 0.386. The first-order valence-corrected chi connectivity index (χ1v) is 6.52. The summed E-state index contributed by atoms with van der Waals surface area (Å²) in [5, 5.41) is 3.86. The third-order valence-corrected chi connectivity index (χ3v) is 3.49. The minimum atomic E-state index is 0.386. The van der Waals surface area contributed by atoms with E-state index in [2.05, 4.69) is 41.9 Å². The minimum absolute atomic E-state index is 0.386. The molecule has 2 bridgehead atoms. The Balaban J connectivity index is 1.87. The van der Waals surface area contributed by atoms with Crippen molar-refractivity contribution in [2.45, 2.75) is 19.3 Å². The van der Waals surface area contributed by atoms with Gasteiger partial charge in [0.2, 0.25) is 0 Å². The smallest absolute Gasteiger partial charge is 0.187 e. The molecule has 2 aliphatic heterocycles. The first-order valence-electron chi connectivity index (χ1n) is 4.94. The van der Waals surface area contributed by atoms with Gasteiger partial charge in [-0.3, -0.25) is 0 Å². The zero-order chi connectivity index (χ0) is 10.0. The highest BCUT2D eigenvalue weighted by molar-refractivity contribution is 9.39. The van der Waals surface area contributed by atoms with Crippen molar-refractivity contribution >= 4 is 35.4 Å². The first-order chi connectivity index (χ1) is 6.70. The van der Waals surface area contributed by atoms with Gasteiger partial charge in [0.05, 0.1) is 0 Å². The molecule has 0 aromatic rings. The molecular weight excluding hydrogens is 312 g/mol. The quantitative estimate of drug-likeness (QED) is 0.588. The van der Waals surface area contributed by atoms with Crippen LogP contribution in [0.25, 0.3) is 0 Å². The standard InChI is InChI=1S/C9H14Br2N2O/c10-8(11)12-14-7-9-2-1-4-13(6-9)5-3-9/h1-7H2. The van der Waals surface area contributed by atoms with Gasteiger partial charge in [-0.1, -0.05) is 5.16 Å². The zero-order valence-corrected chi connectivity index (χ0v) is 11.2. The average Bonchev–Trinajstić information content (AvgIpc) is 2.42. The third-order valence-electron chi connectivity index (χ3n) is 3.20. The van der Waals surface area contributed by atoms with E-state index < -0.39 is 0 Å². The molecule has 2 fully saturated rings. The lowest BCUT2D eigenvalue weighted by atomic mass is 9.82. The second-order valence-electron chi connectivity index (χ2n) is 4.23. The molecule has 0 amide bonds. The molecule has 14 heavy (non-hydrogen) atoms. The Bertz CT molecular complexity index is 239. The predicted molar refractivity (Wildman–Crippen MR) is 64.0 cm³/mol. The molecule has 0 saturated carbocycles. The molecule has 0 aromatic heterocycles. The first kappa shape index (κ1) is 10.9. The van der Waals surface area contributed by atoms with Crippen molar-refractivity contribution in [3.63, 3.8) is 0 Å². The van der Waals surface area contributed by atoms with Crippen LogP contribution in [0, 0.1) is 5.41 Å². The molecule has 5 heteroatoms. The Morgan fingerprint density at radius 2 is 2.21 bits per heavy atom. The molecule has 2 saturated heterocycles. The van der Waals surface area contributed by atoms with E-state index in [1.807, 2.05) is 0 Å². The lowest BCUT2D eigenvalue weighted by Gasteiger charge is -2.32. The summed E-state index contributed by atoms with van der Waals surface area (Å²) in [6.07, 6.45) is 3.86. The van der Waals surface area contributed by atoms with E-state index in [4.69, 9.17) is 4.84 Å². The molecule has 80 valence electrons. The molecule has 2 heterocycles. The number of hydrogen-bond donors (Lipinski definition) is 0. The highest BCUT2D eigenvalue weighted by atomic mass is 79.9. The highest BCUT2D eigenvalue weighted by Crippen LogP contribution is 2.39. The van der Waals surface area contributed by atoms with Crippen LogP contribution >= 0.6 is 31.9 Å². The monoisotopic (exact) mass is 324 g/mol. The molecular formula is C9H14Br2N2O. The van der Waals surface area contributed by atoms with Gasteiger partial charge in [-0.15, -0.1) is 0 Å². The molecule has 0 aliphatic carbocycles. The van der Waals surface area contributed by atoms with Gasteiger partial charge in [-0.25, -0.2) is 0 Å². The molecule has 2 atom stereocenters. The zero-order valence-electron chi connectivity index (χ0n) is 8.01. The van der Waals surface area contributed by atoms with Gasteiger partial charge < -0.3 is 9.74 Å². The Hall–Kier alpha value is 0.390. The van der Waals surface area contributed by atoms with Gasteiger partial charge >= 0.3 is 0 Å². The number of halogens is 2. The van der Waals surface area contributed by atoms with Crippen LogP contribution in [-0.4, -0.2) is 34.7 Å². The number of piperidine rings is 1. The fraction of sp³-hybridized carbons (Fsp3) is 0.889. The van der Waals surface area contributed by atoms with Crippen molar-refractivity contribution in [1.29, 1.82) is 0 Å². The van der Waals surface area contributed by atoms with Gasteiger partial charge in [0.25, 0.3) is 0 Å². The summed E-state index contributed by atoms with van der Waals surface area (Å²) in [5.74, 6) is 0. The van der Waals surface area contributed by atoms with Gasteiger partial charge in [0.15, 0.2) is 3.53 Å². The Kier molecular flexibility index (Phi) is 3.50. The second kappa shape index (κ2) is 4.49. The van der Waals surface area contributed by atoms with Crippen LogP contribution in [0.2, 0.25) is 0 Å². The van der Waals surface area contributed by atoms with Crippen LogP contribution in [0.3, 0.4) is 0 Å². The van der Waals surface area contributed by atoms with Gasteiger partial charge in [0.1, 0.15) is 6.61 Å². The molecule has 2 rings (SSSR count). The number of nitrogens with zero attached hydrogens (tertiary/aromatic N) is 2. The Morgan fingerprint density at radius 3 is 3.00 bits per heavy atom. The molecule has 0 spiro atoms. The number of fused-ring (bicyclic) bond motifs is 2. The maximum absolute atomic E-state index is 5.32. The Morgan fingerprint density at radius 1 is 1.36 bits per heavy atom. The van der Waals surface area contributed by atoms with E-state index in [9.17, 15) is 0 Å². The summed E-state index contributed by atoms with van der Waals surface area (Å²) < 4.78 is 0.632. The van der Waals surface area contributed by atoms with Crippen molar-refractivity contribution in [1.82, 2.24) is 4.90 Å². The van der Waals surface area contributed by atoms with Crippen molar-refractivity contribution in [3.05, 3.63) is 0 Å². The summed E-state index contributed by atoms with van der Waals surface area (Å²) in [6, 6.07) is 0. The molecule has 3 nitrogen and oxygen atoms in total. The summed E-state index contributed by atoms with van der Waals surface area (Å²) in [6.45, 7) is 4.46. The topological polar surface area (TPSA) is 24.8 Å². The minimum Gasteiger partial charge on any atom is -0.394 e. The predicted octanol–water partition coefficient (Wildman–Crippen LogP) is 2.55. The van der Waals surface area contributed by atoms with Crippen molar-refractivity contribution < 1.29 is 4.84 Å². The van der Waals surface area contributed by atoms with Crippen LogP contribution in [0.5, 0.6) is 0 Å². The van der Waals surface area contributed by atoms with E-state index in [1.165, 1.54) is 38.9 Å². The van der Waals surface area contributed by atoms with Crippen molar-refractivity contribution in [2.75, 3.05) is 26.2 Å². The molecule has 0 radical (unpaired) electrons. The number of oxime groups is 1. The van der Waals surface area contributed by atoms with Crippen LogP contribution in [-0.2, 0) is 4.84 Å². The number of rotatable bonds is 3. The van der Waals surface area contributed by atoms with Crippen molar-refractivity contribution in [2.24, 2.45) is 10.6 Å². The molecule has 2 aliphatic rings.